The molecule has 0 atom stereocenters. The molecule has 0 aliphatic heterocycles. The van der Waals surface area contributed by atoms with Gasteiger partial charge in [-0.1, -0.05) is 47.2 Å². The maximum atomic E-state index is 12.5. The van der Waals surface area contributed by atoms with Gasteiger partial charge in [0.2, 0.25) is 5.91 Å². The van der Waals surface area contributed by atoms with Crippen LogP contribution >= 0.6 is 11.8 Å². The number of rotatable bonds is 10. The number of aromatic nitrogens is 3. The largest absolute Gasteiger partial charge is 0.494 e. The summed E-state index contributed by atoms with van der Waals surface area (Å²) in [6.07, 6.45) is 0. The molecule has 4 rings (SSSR count). The Bertz CT molecular complexity index is 1250. The van der Waals surface area contributed by atoms with Crippen LogP contribution in [0.15, 0.2) is 78.0 Å². The third-order valence-electron chi connectivity index (χ3n) is 5.16. The minimum Gasteiger partial charge on any atom is -0.494 e. The summed E-state index contributed by atoms with van der Waals surface area (Å²) < 4.78 is 13.4. The Balaban J connectivity index is 1.51. The maximum Gasteiger partial charge on any atom is 0.234 e. The lowest BCUT2D eigenvalue weighted by Crippen LogP contribution is -2.14. The first kappa shape index (κ1) is 24.3. The number of aryl methyl sites for hydroxylation is 2. The van der Waals surface area contributed by atoms with E-state index in [1.807, 2.05) is 98.1 Å². The molecule has 0 spiro atoms. The molecule has 0 aliphatic carbocycles. The van der Waals surface area contributed by atoms with Crippen LogP contribution in [0.4, 0.5) is 5.69 Å². The van der Waals surface area contributed by atoms with E-state index < -0.39 is 0 Å². The highest BCUT2D eigenvalue weighted by atomic mass is 32.2. The molecule has 1 amide bonds. The SMILES string of the molecule is CCOc1ccc(-n2c(COc3ccc(C)cc3)nnc2SCC(=O)Nc2ccc(C)cc2)cc1. The summed E-state index contributed by atoms with van der Waals surface area (Å²) >= 11 is 1.32. The molecule has 35 heavy (non-hydrogen) atoms. The van der Waals surface area contributed by atoms with E-state index in [9.17, 15) is 4.79 Å². The predicted octanol–water partition coefficient (Wildman–Crippen LogP) is 5.59. The highest BCUT2D eigenvalue weighted by molar-refractivity contribution is 7.99. The topological polar surface area (TPSA) is 78.3 Å². The van der Waals surface area contributed by atoms with Gasteiger partial charge in [0.15, 0.2) is 11.0 Å². The fraction of sp³-hybridized carbons (Fsp3) is 0.222. The van der Waals surface area contributed by atoms with Crippen LogP contribution in [0.1, 0.15) is 23.9 Å². The zero-order valence-electron chi connectivity index (χ0n) is 20.0. The highest BCUT2D eigenvalue weighted by Gasteiger charge is 2.17. The number of ether oxygens (including phenoxy) is 2. The standard InChI is InChI=1S/C27H28N4O3S/c1-4-33-23-15-11-22(12-16-23)31-25(17-34-24-13-7-20(3)8-14-24)29-30-27(31)35-18-26(32)28-21-9-5-19(2)6-10-21/h5-16H,4,17-18H2,1-3H3,(H,28,32). The summed E-state index contributed by atoms with van der Waals surface area (Å²) in [5, 5.41) is 12.2. The number of hydrogen-bond donors (Lipinski definition) is 1. The van der Waals surface area contributed by atoms with Crippen LogP contribution in [0.5, 0.6) is 11.5 Å². The molecular formula is C27H28N4O3S. The number of anilines is 1. The molecular weight excluding hydrogens is 460 g/mol. The molecule has 4 aromatic rings. The minimum absolute atomic E-state index is 0.113. The predicted molar refractivity (Wildman–Crippen MR) is 139 cm³/mol. The molecule has 180 valence electrons. The number of thioether (sulfide) groups is 1. The van der Waals surface area contributed by atoms with Gasteiger partial charge in [-0.25, -0.2) is 0 Å². The number of amides is 1. The molecule has 0 saturated heterocycles. The van der Waals surface area contributed by atoms with Gasteiger partial charge >= 0.3 is 0 Å². The van der Waals surface area contributed by atoms with Crippen molar-refractivity contribution in [2.24, 2.45) is 0 Å². The van der Waals surface area contributed by atoms with Crippen LogP contribution in [-0.2, 0) is 11.4 Å². The first-order chi connectivity index (χ1) is 17.0. The third kappa shape index (κ3) is 6.64. The zero-order chi connectivity index (χ0) is 24.6. The summed E-state index contributed by atoms with van der Waals surface area (Å²) in [6.45, 7) is 6.82. The van der Waals surface area contributed by atoms with Crippen molar-refractivity contribution >= 4 is 23.4 Å². The van der Waals surface area contributed by atoms with E-state index in [1.165, 1.54) is 11.8 Å². The summed E-state index contributed by atoms with van der Waals surface area (Å²) in [5.74, 6) is 2.26. The van der Waals surface area contributed by atoms with Gasteiger partial charge in [0.1, 0.15) is 18.1 Å². The van der Waals surface area contributed by atoms with Crippen LogP contribution in [0.25, 0.3) is 5.69 Å². The van der Waals surface area contributed by atoms with Crippen molar-refractivity contribution in [3.63, 3.8) is 0 Å². The molecule has 7 nitrogen and oxygen atoms in total. The van der Waals surface area contributed by atoms with E-state index in [-0.39, 0.29) is 18.3 Å². The monoisotopic (exact) mass is 488 g/mol. The van der Waals surface area contributed by atoms with E-state index in [2.05, 4.69) is 15.5 Å². The molecule has 0 saturated carbocycles. The Morgan fingerprint density at radius 3 is 2.11 bits per heavy atom. The van der Waals surface area contributed by atoms with Gasteiger partial charge < -0.3 is 14.8 Å². The van der Waals surface area contributed by atoms with E-state index in [0.717, 1.165) is 34.0 Å². The Morgan fingerprint density at radius 1 is 0.857 bits per heavy atom. The molecule has 1 heterocycles. The summed E-state index contributed by atoms with van der Waals surface area (Å²) in [4.78, 5) is 12.5. The van der Waals surface area contributed by atoms with Crippen molar-refractivity contribution in [1.82, 2.24) is 14.8 Å². The van der Waals surface area contributed by atoms with Gasteiger partial charge in [0.25, 0.3) is 0 Å². The van der Waals surface area contributed by atoms with Gasteiger partial charge in [0.05, 0.1) is 12.4 Å². The summed E-state index contributed by atoms with van der Waals surface area (Å²) in [5.41, 5.74) is 3.93. The van der Waals surface area contributed by atoms with Crippen molar-refractivity contribution in [3.8, 4) is 17.2 Å². The molecule has 0 unspecified atom stereocenters. The van der Waals surface area contributed by atoms with Crippen LogP contribution in [0, 0.1) is 13.8 Å². The fourth-order valence-electron chi connectivity index (χ4n) is 3.35. The molecule has 0 radical (unpaired) electrons. The number of nitrogens with zero attached hydrogens (tertiary/aromatic N) is 3. The second-order valence-corrected chi connectivity index (χ2v) is 8.91. The minimum atomic E-state index is -0.113. The van der Waals surface area contributed by atoms with Crippen LogP contribution < -0.4 is 14.8 Å². The first-order valence-corrected chi connectivity index (χ1v) is 12.4. The maximum absolute atomic E-state index is 12.5. The lowest BCUT2D eigenvalue weighted by Gasteiger charge is -2.12. The van der Waals surface area contributed by atoms with Crippen molar-refractivity contribution in [1.29, 1.82) is 0 Å². The zero-order valence-corrected chi connectivity index (χ0v) is 20.8. The quantitative estimate of drug-likeness (QED) is 0.293. The average Bonchev–Trinajstić information content (AvgIpc) is 3.27. The third-order valence-corrected chi connectivity index (χ3v) is 6.09. The van der Waals surface area contributed by atoms with E-state index >= 15 is 0 Å². The number of carbonyl (C=O) groups excluding carboxylic acids is 1. The van der Waals surface area contributed by atoms with E-state index in [1.54, 1.807) is 0 Å². The molecule has 1 aromatic heterocycles. The Kier molecular flexibility index (Phi) is 8.05. The molecule has 0 fully saturated rings. The van der Waals surface area contributed by atoms with Crippen LogP contribution in [0.3, 0.4) is 0 Å². The van der Waals surface area contributed by atoms with Gasteiger partial charge in [-0.2, -0.15) is 0 Å². The number of carbonyl (C=O) groups is 1. The van der Waals surface area contributed by atoms with Crippen LogP contribution in [-0.4, -0.2) is 33.0 Å². The second-order valence-electron chi connectivity index (χ2n) is 7.97. The van der Waals surface area contributed by atoms with Crippen molar-refractivity contribution < 1.29 is 14.3 Å². The van der Waals surface area contributed by atoms with Gasteiger partial charge in [-0.05, 0) is 69.3 Å². The lowest BCUT2D eigenvalue weighted by molar-refractivity contribution is -0.113. The lowest BCUT2D eigenvalue weighted by atomic mass is 10.2. The fourth-order valence-corrected chi connectivity index (χ4v) is 4.12. The van der Waals surface area contributed by atoms with Gasteiger partial charge in [-0.15, -0.1) is 10.2 Å². The number of nitrogens with one attached hydrogen (secondary N) is 1. The van der Waals surface area contributed by atoms with Crippen molar-refractivity contribution in [2.75, 3.05) is 17.7 Å². The Morgan fingerprint density at radius 2 is 1.46 bits per heavy atom. The molecule has 8 heteroatoms. The molecule has 3 aromatic carbocycles. The normalized spacial score (nSPS) is 10.7. The van der Waals surface area contributed by atoms with Gasteiger partial charge in [-0.3, -0.25) is 9.36 Å². The molecule has 0 aliphatic rings. The highest BCUT2D eigenvalue weighted by Crippen LogP contribution is 2.25. The summed E-state index contributed by atoms with van der Waals surface area (Å²) in [6, 6.07) is 23.3. The first-order valence-electron chi connectivity index (χ1n) is 11.4. The Labute approximate surface area is 209 Å². The average molecular weight is 489 g/mol. The van der Waals surface area contributed by atoms with E-state index in [4.69, 9.17) is 9.47 Å². The van der Waals surface area contributed by atoms with Gasteiger partial charge in [0, 0.05) is 11.4 Å². The summed E-state index contributed by atoms with van der Waals surface area (Å²) in [7, 11) is 0. The second kappa shape index (κ2) is 11.6. The number of hydrogen-bond acceptors (Lipinski definition) is 6. The number of benzene rings is 3. The van der Waals surface area contributed by atoms with Crippen molar-refractivity contribution in [3.05, 3.63) is 89.7 Å². The van der Waals surface area contributed by atoms with Crippen molar-refractivity contribution in [2.45, 2.75) is 32.5 Å². The molecule has 1 N–H and O–H groups in total. The van der Waals surface area contributed by atoms with E-state index in [0.29, 0.717) is 17.6 Å². The van der Waals surface area contributed by atoms with Crippen LogP contribution in [0.2, 0.25) is 0 Å². The molecule has 0 bridgehead atoms. The Hall–Kier alpha value is -3.78. The smallest absolute Gasteiger partial charge is 0.234 e.